The van der Waals surface area contributed by atoms with Crippen LogP contribution in [0.3, 0.4) is 0 Å². The molecule has 0 spiro atoms. The summed E-state index contributed by atoms with van der Waals surface area (Å²) >= 11 is 1.59. The zero-order valence-electron chi connectivity index (χ0n) is 17.4. The highest BCUT2D eigenvalue weighted by molar-refractivity contribution is 7.19. The average Bonchev–Trinajstić information content (AvgIpc) is 3.21. The first kappa shape index (κ1) is 20.7. The predicted molar refractivity (Wildman–Crippen MR) is 124 cm³/mol. The Morgan fingerprint density at radius 2 is 1.73 bits per heavy atom. The molecule has 1 aromatic heterocycles. The monoisotopic (exact) mass is 420 g/mol. The normalized spacial score (nSPS) is 15.8. The molecular formula is C24H28N4OS. The molecule has 0 aliphatic carbocycles. The number of hydrogen-bond donors (Lipinski definition) is 1. The minimum atomic E-state index is -0.0966. The van der Waals surface area contributed by atoms with Crippen LogP contribution in [0, 0.1) is 0 Å². The van der Waals surface area contributed by atoms with Crippen molar-refractivity contribution in [2.45, 2.75) is 20.0 Å². The minimum absolute atomic E-state index is 0.0966. The van der Waals surface area contributed by atoms with E-state index in [0.29, 0.717) is 6.54 Å². The number of thiazole rings is 1. The van der Waals surface area contributed by atoms with E-state index < -0.39 is 0 Å². The van der Waals surface area contributed by atoms with Crippen molar-refractivity contribution < 1.29 is 4.79 Å². The summed E-state index contributed by atoms with van der Waals surface area (Å²) in [6.45, 7) is 9.27. The smallest absolute Gasteiger partial charge is 0.244 e. The van der Waals surface area contributed by atoms with Gasteiger partial charge in [0.15, 0.2) is 0 Å². The SMILES string of the molecule is CCN1CCN(Cc2ccccc2CNC(=O)/C=C/c2nc3ccccc3s2)CC1. The lowest BCUT2D eigenvalue weighted by molar-refractivity contribution is -0.116. The topological polar surface area (TPSA) is 48.5 Å². The van der Waals surface area contributed by atoms with E-state index >= 15 is 0 Å². The first-order valence-electron chi connectivity index (χ1n) is 10.5. The van der Waals surface area contributed by atoms with Gasteiger partial charge in [-0.1, -0.05) is 43.3 Å². The molecule has 0 saturated carbocycles. The van der Waals surface area contributed by atoms with Gasteiger partial charge in [-0.2, -0.15) is 0 Å². The fraction of sp³-hybridized carbons (Fsp3) is 0.333. The summed E-state index contributed by atoms with van der Waals surface area (Å²) in [5, 5.41) is 3.87. The van der Waals surface area contributed by atoms with Crippen molar-refractivity contribution in [1.29, 1.82) is 0 Å². The Hall–Kier alpha value is -2.54. The number of nitrogens with one attached hydrogen (secondary N) is 1. The van der Waals surface area contributed by atoms with E-state index in [2.05, 4.69) is 45.2 Å². The number of para-hydroxylation sites is 1. The van der Waals surface area contributed by atoms with E-state index in [0.717, 1.165) is 54.5 Å². The second-order valence-electron chi connectivity index (χ2n) is 7.55. The van der Waals surface area contributed by atoms with Crippen LogP contribution in [0.1, 0.15) is 23.1 Å². The van der Waals surface area contributed by atoms with Crippen LogP contribution in [0.15, 0.2) is 54.6 Å². The molecule has 2 aromatic carbocycles. The molecule has 1 aliphatic rings. The Morgan fingerprint density at radius 3 is 2.50 bits per heavy atom. The number of rotatable bonds is 7. The summed E-state index contributed by atoms with van der Waals surface area (Å²) in [7, 11) is 0. The highest BCUT2D eigenvalue weighted by atomic mass is 32.1. The standard InChI is InChI=1S/C24H28N4OS/c1-2-27-13-15-28(16-14-27)18-20-8-4-3-7-19(20)17-25-23(29)11-12-24-26-21-9-5-6-10-22(21)30-24/h3-12H,2,13-18H2,1H3,(H,25,29)/b12-11+. The van der Waals surface area contributed by atoms with Gasteiger partial charge in [-0.25, -0.2) is 4.98 Å². The molecule has 30 heavy (non-hydrogen) atoms. The van der Waals surface area contributed by atoms with Crippen LogP contribution in [0.5, 0.6) is 0 Å². The highest BCUT2D eigenvalue weighted by Gasteiger charge is 2.16. The quantitative estimate of drug-likeness (QED) is 0.591. The maximum atomic E-state index is 12.3. The second kappa shape index (κ2) is 9.98. The number of fused-ring (bicyclic) bond motifs is 1. The molecular weight excluding hydrogens is 392 g/mol. The summed E-state index contributed by atoms with van der Waals surface area (Å²) in [5.41, 5.74) is 3.44. The van der Waals surface area contributed by atoms with E-state index in [-0.39, 0.29) is 5.91 Å². The van der Waals surface area contributed by atoms with Crippen molar-refractivity contribution in [2.24, 2.45) is 0 Å². The number of piperazine rings is 1. The maximum Gasteiger partial charge on any atom is 0.244 e. The minimum Gasteiger partial charge on any atom is -0.348 e. The van der Waals surface area contributed by atoms with Crippen molar-refractivity contribution in [2.75, 3.05) is 32.7 Å². The van der Waals surface area contributed by atoms with Crippen molar-refractivity contribution in [1.82, 2.24) is 20.1 Å². The largest absolute Gasteiger partial charge is 0.348 e. The molecule has 6 heteroatoms. The number of nitrogens with zero attached hydrogens (tertiary/aromatic N) is 3. The molecule has 1 fully saturated rings. The van der Waals surface area contributed by atoms with Crippen LogP contribution < -0.4 is 5.32 Å². The summed E-state index contributed by atoms with van der Waals surface area (Å²) < 4.78 is 1.13. The van der Waals surface area contributed by atoms with E-state index in [1.165, 1.54) is 11.1 Å². The van der Waals surface area contributed by atoms with Crippen LogP contribution in [0.4, 0.5) is 0 Å². The molecule has 2 heterocycles. The third kappa shape index (κ3) is 5.33. The van der Waals surface area contributed by atoms with Crippen LogP contribution in [-0.2, 0) is 17.9 Å². The zero-order valence-corrected chi connectivity index (χ0v) is 18.2. The van der Waals surface area contributed by atoms with Gasteiger partial charge in [0, 0.05) is 45.3 Å². The molecule has 1 aliphatic heterocycles. The summed E-state index contributed by atoms with van der Waals surface area (Å²) in [4.78, 5) is 21.9. The molecule has 156 valence electrons. The number of benzene rings is 2. The van der Waals surface area contributed by atoms with E-state index in [9.17, 15) is 4.79 Å². The molecule has 0 atom stereocenters. The van der Waals surface area contributed by atoms with Gasteiger partial charge in [-0.15, -0.1) is 11.3 Å². The van der Waals surface area contributed by atoms with Crippen molar-refractivity contribution in [3.8, 4) is 0 Å². The molecule has 1 amide bonds. The predicted octanol–water partition coefficient (Wildman–Crippen LogP) is 3.76. The summed E-state index contributed by atoms with van der Waals surface area (Å²) in [6.07, 6.45) is 3.36. The van der Waals surface area contributed by atoms with Crippen molar-refractivity contribution >= 4 is 33.5 Å². The Bertz CT molecular complexity index is 988. The van der Waals surface area contributed by atoms with Gasteiger partial charge >= 0.3 is 0 Å². The molecule has 1 saturated heterocycles. The molecule has 5 nitrogen and oxygen atoms in total. The van der Waals surface area contributed by atoms with Gasteiger partial charge in [0.05, 0.1) is 10.2 Å². The molecule has 3 aromatic rings. The molecule has 0 bridgehead atoms. The van der Waals surface area contributed by atoms with Crippen LogP contribution in [0.25, 0.3) is 16.3 Å². The molecule has 4 rings (SSSR count). The Labute approximate surface area is 182 Å². The number of aromatic nitrogens is 1. The van der Waals surface area contributed by atoms with Crippen LogP contribution >= 0.6 is 11.3 Å². The zero-order chi connectivity index (χ0) is 20.8. The van der Waals surface area contributed by atoms with Gasteiger partial charge in [-0.3, -0.25) is 9.69 Å². The number of carbonyl (C=O) groups excluding carboxylic acids is 1. The lowest BCUT2D eigenvalue weighted by Gasteiger charge is -2.34. The van der Waals surface area contributed by atoms with Gasteiger partial charge in [0.1, 0.15) is 5.01 Å². The number of carbonyl (C=O) groups is 1. The number of amides is 1. The van der Waals surface area contributed by atoms with Crippen molar-refractivity contribution in [3.63, 3.8) is 0 Å². The molecule has 1 N–H and O–H groups in total. The first-order valence-corrected chi connectivity index (χ1v) is 11.4. The number of likely N-dealkylation sites (N-methyl/N-ethyl adjacent to an activating group) is 1. The van der Waals surface area contributed by atoms with E-state index in [4.69, 9.17) is 0 Å². The van der Waals surface area contributed by atoms with E-state index in [1.807, 2.05) is 30.3 Å². The Balaban J connectivity index is 1.32. The maximum absolute atomic E-state index is 12.3. The van der Waals surface area contributed by atoms with Gasteiger partial charge < -0.3 is 10.2 Å². The van der Waals surface area contributed by atoms with Crippen molar-refractivity contribution in [3.05, 3.63) is 70.7 Å². The molecule has 0 radical (unpaired) electrons. The number of hydrogen-bond acceptors (Lipinski definition) is 5. The third-order valence-electron chi connectivity index (χ3n) is 5.57. The first-order chi connectivity index (χ1) is 14.7. The second-order valence-corrected chi connectivity index (χ2v) is 8.61. The van der Waals surface area contributed by atoms with Gasteiger partial charge in [0.2, 0.25) is 5.91 Å². The van der Waals surface area contributed by atoms with E-state index in [1.54, 1.807) is 23.5 Å². The molecule has 0 unspecified atom stereocenters. The van der Waals surface area contributed by atoms with Crippen LogP contribution in [-0.4, -0.2) is 53.4 Å². The lowest BCUT2D eigenvalue weighted by Crippen LogP contribution is -2.45. The Kier molecular flexibility index (Phi) is 6.89. The summed E-state index contributed by atoms with van der Waals surface area (Å²) in [5.74, 6) is -0.0966. The summed E-state index contributed by atoms with van der Waals surface area (Å²) in [6, 6.07) is 16.4. The highest BCUT2D eigenvalue weighted by Crippen LogP contribution is 2.22. The van der Waals surface area contributed by atoms with Gasteiger partial charge in [-0.05, 0) is 35.9 Å². The van der Waals surface area contributed by atoms with Crippen LogP contribution in [0.2, 0.25) is 0 Å². The van der Waals surface area contributed by atoms with Gasteiger partial charge in [0.25, 0.3) is 0 Å². The lowest BCUT2D eigenvalue weighted by atomic mass is 10.1. The Morgan fingerprint density at radius 1 is 1.03 bits per heavy atom. The fourth-order valence-corrected chi connectivity index (χ4v) is 4.61. The average molecular weight is 421 g/mol. The fourth-order valence-electron chi connectivity index (χ4n) is 3.74. The third-order valence-corrected chi connectivity index (χ3v) is 6.57.